The summed E-state index contributed by atoms with van der Waals surface area (Å²) in [5, 5.41) is 3.03. The van der Waals surface area contributed by atoms with E-state index in [4.69, 9.17) is 0 Å². The van der Waals surface area contributed by atoms with Crippen molar-refractivity contribution < 1.29 is 0 Å². The zero-order chi connectivity index (χ0) is 43.5. The van der Waals surface area contributed by atoms with Crippen LogP contribution < -0.4 is 20.7 Å². The van der Waals surface area contributed by atoms with Crippen LogP contribution in [0.3, 0.4) is 0 Å². The molecule has 1 aromatic heterocycles. The Labute approximate surface area is 393 Å². The van der Waals surface area contributed by atoms with Crippen LogP contribution >= 0.6 is 0 Å². The Hall–Kier alpha value is -6.00. The maximum absolute atomic E-state index is 2.88. The van der Waals surface area contributed by atoms with Crippen LogP contribution in [0.1, 0.15) is 93.9 Å². The van der Waals surface area contributed by atoms with Crippen LogP contribution in [-0.4, -0.2) is 11.3 Å². The van der Waals surface area contributed by atoms with Crippen LogP contribution in [0.5, 0.6) is 0 Å². The van der Waals surface area contributed by atoms with Crippen LogP contribution in [0.4, 0.5) is 34.1 Å². The Balaban J connectivity index is 0.977. The van der Waals surface area contributed by atoms with Crippen LogP contribution in [-0.2, 0) is 16.2 Å². The lowest BCUT2D eigenvalue weighted by atomic mass is 9.38. The first-order chi connectivity index (χ1) is 32.9. The second-order valence-corrected chi connectivity index (χ2v) is 24.2. The van der Waals surface area contributed by atoms with Crippen molar-refractivity contribution in [2.75, 3.05) is 9.80 Å². The van der Waals surface area contributed by atoms with Crippen molar-refractivity contribution in [3.63, 3.8) is 0 Å². The topological polar surface area (TPSA) is 11.4 Å². The molecule has 4 atom stereocenters. The molecule has 4 unspecified atom stereocenters. The second kappa shape index (κ2) is 11.5. The molecule has 67 heavy (non-hydrogen) atoms. The van der Waals surface area contributed by atoms with Crippen molar-refractivity contribution in [3.8, 4) is 11.1 Å². The van der Waals surface area contributed by atoms with Gasteiger partial charge < -0.3 is 14.3 Å². The van der Waals surface area contributed by atoms with Gasteiger partial charge in [-0.1, -0.05) is 92.7 Å². The minimum Gasteiger partial charge on any atom is -0.375 e. The van der Waals surface area contributed by atoms with Gasteiger partial charge in [-0.05, 0) is 210 Å². The second-order valence-electron chi connectivity index (χ2n) is 24.2. The summed E-state index contributed by atoms with van der Waals surface area (Å²) in [7, 11) is 0. The number of para-hydroxylation sites is 4. The van der Waals surface area contributed by atoms with Crippen molar-refractivity contribution in [2.45, 2.75) is 87.9 Å². The Morgan fingerprint density at radius 3 is 1.96 bits per heavy atom. The summed E-state index contributed by atoms with van der Waals surface area (Å²) in [4.78, 5) is 5.22. The molecule has 0 amide bonds. The molecule has 7 aromatic carbocycles. The van der Waals surface area contributed by atoms with E-state index in [1.54, 1.807) is 11.1 Å². The van der Waals surface area contributed by atoms with Gasteiger partial charge in [0.25, 0.3) is 0 Å². The van der Waals surface area contributed by atoms with Gasteiger partial charge in [-0.3, -0.25) is 0 Å². The van der Waals surface area contributed by atoms with Gasteiger partial charge in [0.1, 0.15) is 0 Å². The van der Waals surface area contributed by atoms with Crippen LogP contribution in [0.15, 0.2) is 146 Å². The molecule has 324 valence electrons. The molecule has 8 aromatic rings. The Morgan fingerprint density at radius 1 is 0.552 bits per heavy atom. The van der Waals surface area contributed by atoms with E-state index in [1.165, 1.54) is 147 Å². The first-order valence-corrected chi connectivity index (χ1v) is 26.1. The molecule has 7 fully saturated rings. The van der Waals surface area contributed by atoms with Gasteiger partial charge >= 0.3 is 6.85 Å². The molecular formula is C63H54BN3. The van der Waals surface area contributed by atoms with E-state index in [9.17, 15) is 0 Å². The highest BCUT2D eigenvalue weighted by molar-refractivity contribution is 6.90. The molecule has 4 heteroatoms. The molecular weight excluding hydrogens is 810 g/mol. The Kier molecular flexibility index (Phi) is 6.18. The van der Waals surface area contributed by atoms with Crippen molar-refractivity contribution >= 4 is 73.7 Å². The fourth-order valence-electron chi connectivity index (χ4n) is 19.4. The highest BCUT2D eigenvalue weighted by Gasteiger charge is 2.77. The maximum Gasteiger partial charge on any atom is 0.333 e. The van der Waals surface area contributed by atoms with Gasteiger partial charge in [-0.25, -0.2) is 0 Å². The molecule has 0 N–H and O–H groups in total. The number of fused-ring (bicyclic) bond motifs is 10. The fraction of sp³-hybridized carbons (Fsp3) is 0.333. The fourth-order valence-corrected chi connectivity index (χ4v) is 19.4. The predicted octanol–water partition coefficient (Wildman–Crippen LogP) is 14.1. The molecule has 3 aliphatic heterocycles. The standard InChI is InChI=1S/C63H54BN3/c1-60(2)51-16-9-10-19-55(51)66-56-32-46(65(44-12-5-3-6-13-44)45-14-7-4-8-15-45)31-48-50-30-41(63-37-20-21-38(63)25-40(63)24-37)29-49-47-28-36(61-33-42-26-39-27-43(34-61)62(39,42)35-61)22-23-54(47)67(58(49)50)64(57(48)56)53-18-11-17-52(60)59(53)66/h3-19,22-23,28-32,37-40,42-43H,20-21,24-27,33-35H2,1-2H3. The SMILES string of the molecule is CC1(C)c2ccccc2N2c3cc(N(c4ccccc4)c4ccccc4)cc4c3B(c3cccc1c32)n1c2ccc(C35CC6CC7CC(C3)C76C5)cc2c2cc(C35C6CCC3CC5C6)cc-4c21. The van der Waals surface area contributed by atoms with Gasteiger partial charge in [-0.2, -0.15) is 0 Å². The number of benzene rings is 7. The van der Waals surface area contributed by atoms with Crippen LogP contribution in [0.2, 0.25) is 0 Å². The third kappa shape index (κ3) is 3.85. The number of hydrogen-bond donors (Lipinski definition) is 0. The maximum atomic E-state index is 2.88. The van der Waals surface area contributed by atoms with Crippen LogP contribution in [0.25, 0.3) is 32.9 Å². The smallest absolute Gasteiger partial charge is 0.333 e. The van der Waals surface area contributed by atoms with Gasteiger partial charge in [0.05, 0.1) is 5.69 Å². The molecule has 3 nitrogen and oxygen atoms in total. The zero-order valence-electron chi connectivity index (χ0n) is 38.6. The summed E-state index contributed by atoms with van der Waals surface area (Å²) in [5.41, 5.74) is 23.6. The van der Waals surface area contributed by atoms with Gasteiger partial charge in [0, 0.05) is 66.6 Å². The highest BCUT2D eigenvalue weighted by Crippen LogP contribution is 2.84. The molecule has 4 heterocycles. The molecule has 18 rings (SSSR count). The lowest BCUT2D eigenvalue weighted by Crippen LogP contribution is -2.62. The molecule has 7 saturated carbocycles. The Morgan fingerprint density at radius 2 is 1.24 bits per heavy atom. The summed E-state index contributed by atoms with van der Waals surface area (Å²) < 4.78 is 2.88. The monoisotopic (exact) mass is 863 g/mol. The van der Waals surface area contributed by atoms with E-state index in [-0.39, 0.29) is 12.3 Å². The van der Waals surface area contributed by atoms with E-state index in [2.05, 4.69) is 174 Å². The molecule has 7 aliphatic carbocycles. The molecule has 0 radical (unpaired) electrons. The normalized spacial score (nSPS) is 32.3. The molecule has 1 spiro atoms. The first-order valence-electron chi connectivity index (χ1n) is 26.1. The molecule has 10 aliphatic rings. The van der Waals surface area contributed by atoms with Crippen molar-refractivity contribution in [3.05, 3.63) is 168 Å². The lowest BCUT2D eigenvalue weighted by molar-refractivity contribution is -0.175. The third-order valence-electron chi connectivity index (χ3n) is 21.9. The quantitative estimate of drug-likeness (QED) is 0.160. The van der Waals surface area contributed by atoms with Crippen molar-refractivity contribution in [1.82, 2.24) is 4.48 Å². The number of hydrogen-bond acceptors (Lipinski definition) is 2. The molecule has 0 saturated heterocycles. The highest BCUT2D eigenvalue weighted by atomic mass is 15.2. The summed E-state index contributed by atoms with van der Waals surface area (Å²) >= 11 is 0. The average molecular weight is 864 g/mol. The number of aromatic nitrogens is 1. The summed E-state index contributed by atoms with van der Waals surface area (Å²) in [6, 6.07) is 57.7. The Bertz CT molecular complexity index is 3510. The minimum absolute atomic E-state index is 0.0365. The number of rotatable bonds is 5. The first kappa shape index (κ1) is 36.1. The van der Waals surface area contributed by atoms with E-state index < -0.39 is 0 Å². The van der Waals surface area contributed by atoms with Gasteiger partial charge in [0.2, 0.25) is 0 Å². The number of anilines is 6. The third-order valence-corrected chi connectivity index (χ3v) is 21.9. The van der Waals surface area contributed by atoms with E-state index in [0.29, 0.717) is 16.2 Å². The largest absolute Gasteiger partial charge is 0.375 e. The van der Waals surface area contributed by atoms with Crippen LogP contribution in [0, 0.1) is 40.9 Å². The average Bonchev–Trinajstić information content (AvgIpc) is 3.94. The summed E-state index contributed by atoms with van der Waals surface area (Å²) in [5.74, 6) is 5.49. The van der Waals surface area contributed by atoms with Gasteiger partial charge in [-0.15, -0.1) is 0 Å². The van der Waals surface area contributed by atoms with E-state index >= 15 is 0 Å². The summed E-state index contributed by atoms with van der Waals surface area (Å²) in [6.45, 7) is 4.95. The zero-order valence-corrected chi connectivity index (χ0v) is 38.6. The van der Waals surface area contributed by atoms with E-state index in [1.807, 2.05) is 0 Å². The van der Waals surface area contributed by atoms with Gasteiger partial charge in [0.15, 0.2) is 0 Å². The minimum atomic E-state index is -0.166. The predicted molar refractivity (Wildman–Crippen MR) is 275 cm³/mol. The summed E-state index contributed by atoms with van der Waals surface area (Å²) in [6.07, 6.45) is 13.0. The van der Waals surface area contributed by atoms with E-state index in [0.717, 1.165) is 35.5 Å². The lowest BCUT2D eigenvalue weighted by Gasteiger charge is -2.66. The molecule has 2 bridgehead atoms. The number of nitrogens with zero attached hydrogens (tertiary/aromatic N) is 3. The van der Waals surface area contributed by atoms with Crippen molar-refractivity contribution in [1.29, 1.82) is 0 Å². The van der Waals surface area contributed by atoms with Crippen molar-refractivity contribution in [2.24, 2.45) is 40.9 Å².